The fourth-order valence-corrected chi connectivity index (χ4v) is 3.03. The van der Waals surface area contributed by atoms with Gasteiger partial charge in [-0.25, -0.2) is 14.4 Å². The van der Waals surface area contributed by atoms with Crippen LogP contribution >= 0.6 is 23.4 Å². The number of hydrogen-bond donors (Lipinski definition) is 1. The van der Waals surface area contributed by atoms with Crippen molar-refractivity contribution < 1.29 is 4.39 Å². The monoisotopic (exact) mass is 309 g/mol. The molecule has 0 saturated heterocycles. The third kappa shape index (κ3) is 2.41. The second-order valence-corrected chi connectivity index (χ2v) is 5.33. The number of nitrogens with two attached hydrogens (primary N) is 1. The molecule has 1 aromatic carbocycles. The van der Waals surface area contributed by atoms with Crippen LogP contribution in [0.3, 0.4) is 0 Å². The zero-order chi connectivity index (χ0) is 14.1. The molecule has 8 heteroatoms. The zero-order valence-electron chi connectivity index (χ0n) is 10.1. The third-order valence-electron chi connectivity index (χ3n) is 2.66. The van der Waals surface area contributed by atoms with E-state index in [0.717, 1.165) is 0 Å². The highest BCUT2D eigenvalue weighted by atomic mass is 35.5. The minimum absolute atomic E-state index is 0.330. The summed E-state index contributed by atoms with van der Waals surface area (Å²) in [5.74, 6) is 0.327. The van der Waals surface area contributed by atoms with Gasteiger partial charge >= 0.3 is 0 Å². The molecule has 3 rings (SSSR count). The fourth-order valence-electron chi connectivity index (χ4n) is 1.72. The predicted octanol–water partition coefficient (Wildman–Crippen LogP) is 2.79. The van der Waals surface area contributed by atoms with Crippen molar-refractivity contribution in [2.45, 2.75) is 10.9 Å². The molecule has 2 N–H and O–H groups in total. The number of benzene rings is 1. The normalized spacial score (nSPS) is 11.1. The van der Waals surface area contributed by atoms with Crippen LogP contribution < -0.4 is 5.73 Å². The van der Waals surface area contributed by atoms with Crippen LogP contribution in [0.5, 0.6) is 0 Å². The van der Waals surface area contributed by atoms with Gasteiger partial charge in [0.1, 0.15) is 18.0 Å². The van der Waals surface area contributed by atoms with E-state index in [1.165, 1.54) is 24.2 Å². The summed E-state index contributed by atoms with van der Waals surface area (Å²) in [5.41, 5.74) is 6.73. The zero-order valence-corrected chi connectivity index (χ0v) is 11.7. The first-order chi connectivity index (χ1) is 9.65. The number of hydrogen-bond acceptors (Lipinski definition) is 5. The maximum absolute atomic E-state index is 13.7. The van der Waals surface area contributed by atoms with Crippen LogP contribution in [-0.4, -0.2) is 19.6 Å². The number of aromatic nitrogens is 4. The van der Waals surface area contributed by atoms with Crippen LogP contribution in [0.1, 0.15) is 5.56 Å². The van der Waals surface area contributed by atoms with E-state index in [1.807, 2.05) is 0 Å². The molecule has 2 aromatic heterocycles. The SMILES string of the molecule is Nc1cc2ncnn2c(SCc2c(F)cccc2Cl)n1. The number of rotatable bonds is 3. The predicted molar refractivity (Wildman–Crippen MR) is 76.2 cm³/mol. The van der Waals surface area contributed by atoms with E-state index in [-0.39, 0.29) is 5.82 Å². The van der Waals surface area contributed by atoms with Crippen molar-refractivity contribution in [2.75, 3.05) is 5.73 Å². The fraction of sp³-hybridized carbons (Fsp3) is 0.0833. The molecular weight excluding hydrogens is 301 g/mol. The maximum Gasteiger partial charge on any atom is 0.193 e. The van der Waals surface area contributed by atoms with E-state index < -0.39 is 0 Å². The maximum atomic E-state index is 13.7. The van der Waals surface area contributed by atoms with Crippen molar-refractivity contribution in [1.82, 2.24) is 19.6 Å². The highest BCUT2D eigenvalue weighted by Gasteiger charge is 2.11. The van der Waals surface area contributed by atoms with Gasteiger partial charge in [-0.15, -0.1) is 0 Å². The molecule has 20 heavy (non-hydrogen) atoms. The van der Waals surface area contributed by atoms with Gasteiger partial charge in [0.05, 0.1) is 0 Å². The van der Waals surface area contributed by atoms with Gasteiger partial charge in [0, 0.05) is 22.4 Å². The Bertz CT molecular complexity index is 755. The highest BCUT2D eigenvalue weighted by Crippen LogP contribution is 2.28. The largest absolute Gasteiger partial charge is 0.383 e. The summed E-state index contributed by atoms with van der Waals surface area (Å²) < 4.78 is 15.3. The van der Waals surface area contributed by atoms with Gasteiger partial charge in [-0.05, 0) is 12.1 Å². The van der Waals surface area contributed by atoms with Gasteiger partial charge in [-0.2, -0.15) is 9.61 Å². The molecule has 0 saturated carbocycles. The molecule has 0 spiro atoms. The summed E-state index contributed by atoms with van der Waals surface area (Å²) in [7, 11) is 0. The van der Waals surface area contributed by atoms with Crippen molar-refractivity contribution in [3.8, 4) is 0 Å². The lowest BCUT2D eigenvalue weighted by Crippen LogP contribution is -2.01. The van der Waals surface area contributed by atoms with Crippen LogP contribution in [0.4, 0.5) is 10.2 Å². The van der Waals surface area contributed by atoms with E-state index in [4.69, 9.17) is 17.3 Å². The second kappa shape index (κ2) is 5.26. The van der Waals surface area contributed by atoms with Crippen LogP contribution in [0.25, 0.3) is 5.65 Å². The van der Waals surface area contributed by atoms with Crippen molar-refractivity contribution in [3.05, 3.63) is 47.0 Å². The Kier molecular flexibility index (Phi) is 3.45. The first-order valence-corrected chi connectivity index (χ1v) is 7.03. The molecule has 2 heterocycles. The highest BCUT2D eigenvalue weighted by molar-refractivity contribution is 7.98. The van der Waals surface area contributed by atoms with Gasteiger partial charge < -0.3 is 5.73 Å². The first-order valence-electron chi connectivity index (χ1n) is 5.67. The van der Waals surface area contributed by atoms with E-state index in [1.54, 1.807) is 22.7 Å². The molecule has 5 nitrogen and oxygen atoms in total. The van der Waals surface area contributed by atoms with E-state index in [2.05, 4.69) is 15.1 Å². The molecule has 0 fully saturated rings. The molecule has 0 unspecified atom stereocenters. The quantitative estimate of drug-likeness (QED) is 0.595. The summed E-state index contributed by atoms with van der Waals surface area (Å²) in [6.07, 6.45) is 1.41. The number of anilines is 1. The average molecular weight is 310 g/mol. The Morgan fingerprint density at radius 3 is 3.05 bits per heavy atom. The van der Waals surface area contributed by atoms with Crippen LogP contribution in [0.2, 0.25) is 5.02 Å². The number of nitrogen functional groups attached to an aromatic ring is 1. The van der Waals surface area contributed by atoms with E-state index in [9.17, 15) is 4.39 Å². The lowest BCUT2D eigenvalue weighted by molar-refractivity contribution is 0.617. The van der Waals surface area contributed by atoms with Gasteiger partial charge in [0.25, 0.3) is 0 Å². The Labute approximate surface area is 123 Å². The molecule has 0 aliphatic heterocycles. The summed E-state index contributed by atoms with van der Waals surface area (Å²) in [6.45, 7) is 0. The summed E-state index contributed by atoms with van der Waals surface area (Å²) >= 11 is 7.29. The van der Waals surface area contributed by atoms with Gasteiger partial charge in [0.2, 0.25) is 0 Å². The van der Waals surface area contributed by atoms with Crippen LogP contribution in [0.15, 0.2) is 35.7 Å². The first kappa shape index (κ1) is 13.1. The number of nitrogens with zero attached hydrogens (tertiary/aromatic N) is 4. The Morgan fingerprint density at radius 2 is 2.25 bits per heavy atom. The van der Waals surface area contributed by atoms with Gasteiger partial charge in [-0.3, -0.25) is 0 Å². The molecule has 0 amide bonds. The Balaban J connectivity index is 1.92. The molecule has 0 aliphatic rings. The molecule has 0 radical (unpaired) electrons. The lowest BCUT2D eigenvalue weighted by Gasteiger charge is -2.06. The number of fused-ring (bicyclic) bond motifs is 1. The Morgan fingerprint density at radius 1 is 1.40 bits per heavy atom. The Hall–Kier alpha value is -1.86. The minimum Gasteiger partial charge on any atom is -0.383 e. The van der Waals surface area contributed by atoms with Crippen molar-refractivity contribution in [1.29, 1.82) is 0 Å². The number of halogens is 2. The molecule has 0 bridgehead atoms. The second-order valence-electron chi connectivity index (χ2n) is 3.98. The summed E-state index contributed by atoms with van der Waals surface area (Å²) in [5, 5.41) is 4.98. The van der Waals surface area contributed by atoms with Crippen molar-refractivity contribution in [2.24, 2.45) is 0 Å². The lowest BCUT2D eigenvalue weighted by atomic mass is 10.2. The topological polar surface area (TPSA) is 69.1 Å². The third-order valence-corrected chi connectivity index (χ3v) is 3.97. The average Bonchev–Trinajstić information content (AvgIpc) is 2.86. The summed E-state index contributed by atoms with van der Waals surface area (Å²) in [4.78, 5) is 8.23. The smallest absolute Gasteiger partial charge is 0.193 e. The van der Waals surface area contributed by atoms with Crippen LogP contribution in [-0.2, 0) is 5.75 Å². The van der Waals surface area contributed by atoms with Crippen molar-refractivity contribution >= 4 is 34.8 Å². The minimum atomic E-state index is -0.344. The van der Waals surface area contributed by atoms with E-state index in [0.29, 0.717) is 33.0 Å². The molecular formula is C12H9ClFN5S. The van der Waals surface area contributed by atoms with Gasteiger partial charge in [0.15, 0.2) is 10.8 Å². The molecule has 0 atom stereocenters. The van der Waals surface area contributed by atoms with Crippen LogP contribution in [0, 0.1) is 5.82 Å². The van der Waals surface area contributed by atoms with Gasteiger partial charge in [-0.1, -0.05) is 29.4 Å². The summed E-state index contributed by atoms with van der Waals surface area (Å²) in [6, 6.07) is 6.21. The molecule has 0 aliphatic carbocycles. The molecule has 3 aromatic rings. The van der Waals surface area contributed by atoms with Crippen molar-refractivity contribution in [3.63, 3.8) is 0 Å². The standard InChI is InChI=1S/C12H9ClFN5S/c13-8-2-1-3-9(14)7(8)5-20-12-18-10(15)4-11-16-6-17-19(11)12/h1-4,6H,5,15H2. The van der Waals surface area contributed by atoms with E-state index >= 15 is 0 Å². The molecule has 102 valence electrons. The number of thioether (sulfide) groups is 1.